The van der Waals surface area contributed by atoms with Gasteiger partial charge in [-0.1, -0.05) is 97.1 Å². The molecule has 0 N–H and O–H groups in total. The van der Waals surface area contributed by atoms with E-state index in [1.54, 1.807) is 0 Å². The molecule has 11 rings (SSSR count). The van der Waals surface area contributed by atoms with Crippen molar-refractivity contribution in [2.75, 3.05) is 0 Å². The van der Waals surface area contributed by atoms with Crippen LogP contribution in [0.2, 0.25) is 0 Å². The molecular formula is C42H24BNO3. The lowest BCUT2D eigenvalue weighted by Crippen LogP contribution is -2.53. The second kappa shape index (κ2) is 9.18. The van der Waals surface area contributed by atoms with Crippen LogP contribution in [0, 0.1) is 0 Å². The Hall–Kier alpha value is -6.20. The Bertz CT molecular complexity index is 2720. The maximum atomic E-state index is 7.03. The number of aromatic nitrogens is 1. The van der Waals surface area contributed by atoms with E-state index in [0.29, 0.717) is 0 Å². The van der Waals surface area contributed by atoms with E-state index in [-0.39, 0.29) is 6.92 Å². The highest BCUT2D eigenvalue weighted by Crippen LogP contribution is 2.43. The molecule has 0 spiro atoms. The Labute approximate surface area is 270 Å². The first-order valence-corrected chi connectivity index (χ1v) is 16.0. The molecule has 0 saturated carbocycles. The van der Waals surface area contributed by atoms with Gasteiger partial charge in [0.1, 0.15) is 28.4 Å². The lowest BCUT2D eigenvalue weighted by molar-refractivity contribution is 0.479. The Balaban J connectivity index is 1.09. The highest BCUT2D eigenvalue weighted by Gasteiger charge is 2.41. The molecule has 0 bridgehead atoms. The molecule has 0 fully saturated rings. The molecule has 7 aromatic carbocycles. The molecule has 4 nitrogen and oxygen atoms in total. The van der Waals surface area contributed by atoms with Gasteiger partial charge in [-0.25, -0.2) is 0 Å². The van der Waals surface area contributed by atoms with Gasteiger partial charge in [-0.3, -0.25) is 0 Å². The number of para-hydroxylation sites is 4. The van der Waals surface area contributed by atoms with Gasteiger partial charge in [0.25, 0.3) is 0 Å². The van der Waals surface area contributed by atoms with Crippen LogP contribution in [-0.2, 0) is 0 Å². The fourth-order valence-corrected chi connectivity index (χ4v) is 7.82. The van der Waals surface area contributed by atoms with Gasteiger partial charge in [0.15, 0.2) is 0 Å². The van der Waals surface area contributed by atoms with Gasteiger partial charge in [0.05, 0.1) is 11.0 Å². The summed E-state index contributed by atoms with van der Waals surface area (Å²) in [5.74, 6) is 2.50. The number of hydrogen-bond donors (Lipinski definition) is 0. The van der Waals surface area contributed by atoms with Crippen molar-refractivity contribution < 1.29 is 13.8 Å². The van der Waals surface area contributed by atoms with Crippen LogP contribution in [0.15, 0.2) is 150 Å². The maximum absolute atomic E-state index is 7.03. The quantitative estimate of drug-likeness (QED) is 0.185. The average molecular weight is 601 g/mol. The van der Waals surface area contributed by atoms with Gasteiger partial charge in [0, 0.05) is 49.3 Å². The molecule has 47 heavy (non-hydrogen) atoms. The lowest BCUT2D eigenvalue weighted by atomic mass is 9.51. The monoisotopic (exact) mass is 601 g/mol. The molecule has 2 aromatic heterocycles. The number of benzene rings is 7. The van der Waals surface area contributed by atoms with Gasteiger partial charge in [-0.15, -0.1) is 0 Å². The Kier molecular flexibility index (Phi) is 4.89. The average Bonchev–Trinajstić information content (AvgIpc) is 3.67. The van der Waals surface area contributed by atoms with Crippen molar-refractivity contribution in [3.8, 4) is 45.2 Å². The zero-order valence-corrected chi connectivity index (χ0v) is 25.1. The molecule has 218 valence electrons. The second-order valence-corrected chi connectivity index (χ2v) is 12.4. The molecule has 4 heterocycles. The predicted molar refractivity (Wildman–Crippen MR) is 191 cm³/mol. The summed E-state index contributed by atoms with van der Waals surface area (Å²) in [7, 11) is 0. The van der Waals surface area contributed by atoms with Crippen molar-refractivity contribution >= 4 is 61.6 Å². The van der Waals surface area contributed by atoms with Crippen molar-refractivity contribution in [1.29, 1.82) is 0 Å². The van der Waals surface area contributed by atoms with E-state index < -0.39 is 0 Å². The van der Waals surface area contributed by atoms with Crippen LogP contribution < -0.4 is 20.3 Å². The first kappa shape index (κ1) is 25.0. The molecule has 2 aliphatic heterocycles. The number of hydrogen-bond acceptors (Lipinski definition) is 3. The smallest absolute Gasteiger partial charge is 0.434 e. The normalized spacial score (nSPS) is 13.0. The van der Waals surface area contributed by atoms with E-state index in [2.05, 4.69) is 132 Å². The minimum atomic E-state index is -0.317. The molecular weight excluding hydrogens is 577 g/mol. The van der Waals surface area contributed by atoms with Crippen LogP contribution in [0.1, 0.15) is 0 Å². The van der Waals surface area contributed by atoms with E-state index in [9.17, 15) is 0 Å². The largest absolute Gasteiger partial charge is 0.551 e. The number of fused-ring (bicyclic) bond motifs is 10. The van der Waals surface area contributed by atoms with Crippen molar-refractivity contribution in [3.63, 3.8) is 0 Å². The fraction of sp³-hybridized carbons (Fsp3) is 0. The van der Waals surface area contributed by atoms with Gasteiger partial charge in [-0.2, -0.15) is 0 Å². The van der Waals surface area contributed by atoms with E-state index in [0.717, 1.165) is 78.1 Å². The van der Waals surface area contributed by atoms with Gasteiger partial charge >= 0.3 is 6.92 Å². The Morgan fingerprint density at radius 1 is 0.489 bits per heavy atom. The number of furan rings is 1. The molecule has 9 aromatic rings. The third-order valence-electron chi connectivity index (χ3n) is 9.89. The number of nitrogens with zero attached hydrogens (tertiary/aromatic N) is 1. The highest BCUT2D eigenvalue weighted by atomic mass is 16.5. The Morgan fingerprint density at radius 3 is 2.06 bits per heavy atom. The van der Waals surface area contributed by atoms with Crippen LogP contribution in [0.3, 0.4) is 0 Å². The predicted octanol–water partition coefficient (Wildman–Crippen LogP) is 9.62. The van der Waals surface area contributed by atoms with Gasteiger partial charge in [-0.05, 0) is 59.7 Å². The van der Waals surface area contributed by atoms with Crippen molar-refractivity contribution in [1.82, 2.24) is 4.57 Å². The summed E-state index contributed by atoms with van der Waals surface area (Å²) < 4.78 is 22.3. The molecule has 0 atom stereocenters. The SMILES string of the molecule is c1cc2c3c(c1)-c1ccc(-c4cccc5c4oc4ccccc45)cc1OB3c1cc(-n3c4ccccc4c4ccccc43)ccc1O2. The molecule has 0 radical (unpaired) electrons. The zero-order chi connectivity index (χ0) is 30.6. The summed E-state index contributed by atoms with van der Waals surface area (Å²) in [6.45, 7) is -0.317. The van der Waals surface area contributed by atoms with Gasteiger partial charge < -0.3 is 18.4 Å². The number of rotatable bonds is 2. The summed E-state index contributed by atoms with van der Waals surface area (Å²) in [5.41, 5.74) is 11.6. The zero-order valence-electron chi connectivity index (χ0n) is 25.1. The van der Waals surface area contributed by atoms with Crippen molar-refractivity contribution in [3.05, 3.63) is 146 Å². The topological polar surface area (TPSA) is 36.5 Å². The van der Waals surface area contributed by atoms with E-state index >= 15 is 0 Å². The molecule has 2 aliphatic rings. The standard InChI is InChI=1S/C42H24BNO3/c1-4-15-35-28(9-1)29-10-2-5-16-36(29)44(35)26-20-22-38-34(24-26)43-41-32(13-8-18-39(41)45-38)31-21-19-25(23-40(31)47-43)27-12-7-14-33-30-11-3-6-17-37(30)46-42(27)33/h1-24H. The molecule has 0 unspecified atom stereocenters. The van der Waals surface area contributed by atoms with E-state index in [1.165, 1.54) is 21.8 Å². The van der Waals surface area contributed by atoms with Gasteiger partial charge in [0.2, 0.25) is 0 Å². The minimum absolute atomic E-state index is 0.317. The Morgan fingerprint density at radius 2 is 1.21 bits per heavy atom. The summed E-state index contributed by atoms with van der Waals surface area (Å²) in [4.78, 5) is 0. The highest BCUT2D eigenvalue weighted by molar-refractivity contribution is 6.84. The third kappa shape index (κ3) is 3.43. The van der Waals surface area contributed by atoms with E-state index in [1.807, 2.05) is 18.2 Å². The molecule has 0 aliphatic carbocycles. The summed E-state index contributed by atoms with van der Waals surface area (Å²) in [6, 6.07) is 51.0. The molecule has 0 saturated heterocycles. The minimum Gasteiger partial charge on any atom is -0.551 e. The summed E-state index contributed by atoms with van der Waals surface area (Å²) in [5, 5.41) is 4.71. The maximum Gasteiger partial charge on any atom is 0.434 e. The summed E-state index contributed by atoms with van der Waals surface area (Å²) in [6.07, 6.45) is 0. The first-order valence-electron chi connectivity index (χ1n) is 16.0. The van der Waals surface area contributed by atoms with Crippen LogP contribution in [-0.4, -0.2) is 11.5 Å². The van der Waals surface area contributed by atoms with E-state index in [4.69, 9.17) is 13.8 Å². The third-order valence-corrected chi connectivity index (χ3v) is 9.89. The first-order chi connectivity index (χ1) is 23.3. The van der Waals surface area contributed by atoms with Crippen LogP contribution in [0.25, 0.3) is 71.7 Å². The van der Waals surface area contributed by atoms with Crippen LogP contribution >= 0.6 is 0 Å². The fourth-order valence-electron chi connectivity index (χ4n) is 7.82. The molecule has 5 heteroatoms. The lowest BCUT2D eigenvalue weighted by Gasteiger charge is -2.33. The van der Waals surface area contributed by atoms with Crippen molar-refractivity contribution in [2.24, 2.45) is 0 Å². The van der Waals surface area contributed by atoms with Crippen LogP contribution in [0.4, 0.5) is 0 Å². The van der Waals surface area contributed by atoms with Crippen LogP contribution in [0.5, 0.6) is 17.2 Å². The number of ether oxygens (including phenoxy) is 1. The van der Waals surface area contributed by atoms with Crippen molar-refractivity contribution in [2.45, 2.75) is 0 Å². The summed E-state index contributed by atoms with van der Waals surface area (Å²) >= 11 is 0. The molecule has 0 amide bonds. The second-order valence-electron chi connectivity index (χ2n) is 12.4.